The van der Waals surface area contributed by atoms with Crippen LogP contribution in [0.5, 0.6) is 0 Å². The SMILES string of the molecule is Cc1nn(C)c(C)c1S(=O)(=O)N(CCCN)Cc1ccccc1.Cl. The molecule has 1 aromatic carbocycles. The molecule has 0 aliphatic carbocycles. The number of sulfonamides is 1. The van der Waals surface area contributed by atoms with E-state index in [1.807, 2.05) is 30.3 Å². The molecule has 0 spiro atoms. The second kappa shape index (κ2) is 8.62. The minimum absolute atomic E-state index is 0. The number of hydrogen-bond acceptors (Lipinski definition) is 4. The highest BCUT2D eigenvalue weighted by atomic mass is 35.5. The first-order valence-electron chi connectivity index (χ1n) is 7.62. The summed E-state index contributed by atoms with van der Waals surface area (Å²) in [5, 5.41) is 4.23. The average Bonchev–Trinajstić information content (AvgIpc) is 2.77. The molecule has 1 aromatic heterocycles. The Balaban J connectivity index is 0.00000288. The van der Waals surface area contributed by atoms with Gasteiger partial charge in [-0.1, -0.05) is 30.3 Å². The fraction of sp³-hybridized carbons (Fsp3) is 0.438. The minimum Gasteiger partial charge on any atom is -0.330 e. The maximum absolute atomic E-state index is 13.1. The van der Waals surface area contributed by atoms with Crippen LogP contribution >= 0.6 is 12.4 Å². The molecule has 0 unspecified atom stereocenters. The van der Waals surface area contributed by atoms with Gasteiger partial charge in [-0.25, -0.2) is 8.42 Å². The van der Waals surface area contributed by atoms with Gasteiger partial charge in [0.25, 0.3) is 0 Å². The van der Waals surface area contributed by atoms with E-state index in [-0.39, 0.29) is 12.4 Å². The molecule has 0 saturated carbocycles. The van der Waals surface area contributed by atoms with Crippen molar-refractivity contribution in [2.24, 2.45) is 12.8 Å². The summed E-state index contributed by atoms with van der Waals surface area (Å²) in [6, 6.07) is 9.58. The van der Waals surface area contributed by atoms with Crippen molar-refractivity contribution < 1.29 is 8.42 Å². The summed E-state index contributed by atoms with van der Waals surface area (Å²) in [5.41, 5.74) is 7.70. The van der Waals surface area contributed by atoms with E-state index in [9.17, 15) is 8.42 Å². The Morgan fingerprint density at radius 1 is 1.21 bits per heavy atom. The Labute approximate surface area is 150 Å². The lowest BCUT2D eigenvalue weighted by atomic mass is 10.2. The zero-order valence-electron chi connectivity index (χ0n) is 14.3. The third-order valence-corrected chi connectivity index (χ3v) is 5.95. The first-order chi connectivity index (χ1) is 10.9. The van der Waals surface area contributed by atoms with Crippen molar-refractivity contribution in [1.29, 1.82) is 0 Å². The second-order valence-electron chi connectivity index (χ2n) is 5.59. The quantitative estimate of drug-likeness (QED) is 0.805. The molecule has 0 saturated heterocycles. The van der Waals surface area contributed by atoms with Crippen LogP contribution in [0.25, 0.3) is 0 Å². The van der Waals surface area contributed by atoms with Crippen LogP contribution in [0, 0.1) is 13.8 Å². The molecule has 0 aliphatic rings. The van der Waals surface area contributed by atoms with Crippen molar-refractivity contribution in [2.45, 2.75) is 31.7 Å². The molecule has 0 atom stereocenters. The zero-order chi connectivity index (χ0) is 17.0. The topological polar surface area (TPSA) is 81.2 Å². The van der Waals surface area contributed by atoms with Gasteiger partial charge in [0, 0.05) is 20.1 Å². The Morgan fingerprint density at radius 3 is 2.33 bits per heavy atom. The first kappa shape index (κ1) is 20.6. The predicted octanol–water partition coefficient (Wildman–Crippen LogP) is 2.00. The predicted molar refractivity (Wildman–Crippen MR) is 97.6 cm³/mol. The van der Waals surface area contributed by atoms with Gasteiger partial charge in [-0.15, -0.1) is 12.4 Å². The van der Waals surface area contributed by atoms with Crippen LogP contribution in [0.15, 0.2) is 35.2 Å². The van der Waals surface area contributed by atoms with E-state index in [0.717, 1.165) is 5.56 Å². The molecule has 24 heavy (non-hydrogen) atoms. The number of nitrogens with zero attached hydrogens (tertiary/aromatic N) is 3. The fourth-order valence-electron chi connectivity index (χ4n) is 2.60. The van der Waals surface area contributed by atoms with Crippen LogP contribution in [0.1, 0.15) is 23.4 Å². The van der Waals surface area contributed by atoms with Crippen LogP contribution in [0.4, 0.5) is 0 Å². The van der Waals surface area contributed by atoms with Crippen molar-refractivity contribution >= 4 is 22.4 Å². The molecule has 0 fully saturated rings. The summed E-state index contributed by atoms with van der Waals surface area (Å²) in [5.74, 6) is 0. The fourth-order valence-corrected chi connectivity index (χ4v) is 4.46. The molecular formula is C16H25ClN4O2S. The van der Waals surface area contributed by atoms with Crippen LogP contribution < -0.4 is 5.73 Å². The zero-order valence-corrected chi connectivity index (χ0v) is 15.9. The smallest absolute Gasteiger partial charge is 0.247 e. The Morgan fingerprint density at radius 2 is 1.83 bits per heavy atom. The van der Waals surface area contributed by atoms with Gasteiger partial charge >= 0.3 is 0 Å². The highest BCUT2D eigenvalue weighted by molar-refractivity contribution is 7.89. The van der Waals surface area contributed by atoms with E-state index in [1.54, 1.807) is 25.6 Å². The van der Waals surface area contributed by atoms with Crippen LogP contribution in [0.2, 0.25) is 0 Å². The molecule has 1 heterocycles. The molecule has 2 rings (SSSR count). The number of halogens is 1. The summed E-state index contributed by atoms with van der Waals surface area (Å²) in [7, 11) is -1.86. The van der Waals surface area contributed by atoms with E-state index >= 15 is 0 Å². The third kappa shape index (κ3) is 4.36. The van der Waals surface area contributed by atoms with E-state index in [2.05, 4.69) is 5.10 Å². The minimum atomic E-state index is -3.62. The van der Waals surface area contributed by atoms with Crippen molar-refractivity contribution in [3.63, 3.8) is 0 Å². The van der Waals surface area contributed by atoms with Gasteiger partial charge in [-0.3, -0.25) is 4.68 Å². The summed E-state index contributed by atoms with van der Waals surface area (Å²) in [6.07, 6.45) is 0.615. The molecule has 6 nitrogen and oxygen atoms in total. The van der Waals surface area contributed by atoms with Gasteiger partial charge in [0.05, 0.1) is 11.4 Å². The van der Waals surface area contributed by atoms with Gasteiger partial charge in [0.2, 0.25) is 10.0 Å². The number of aryl methyl sites for hydroxylation is 2. The molecule has 0 aliphatic heterocycles. The Hall–Kier alpha value is -1.41. The maximum atomic E-state index is 13.1. The van der Waals surface area contributed by atoms with E-state index in [1.165, 1.54) is 4.31 Å². The summed E-state index contributed by atoms with van der Waals surface area (Å²) < 4.78 is 29.4. The van der Waals surface area contributed by atoms with Gasteiger partial charge in [-0.05, 0) is 32.4 Å². The highest BCUT2D eigenvalue weighted by Crippen LogP contribution is 2.24. The summed E-state index contributed by atoms with van der Waals surface area (Å²) in [6.45, 7) is 4.67. The first-order valence-corrected chi connectivity index (χ1v) is 9.06. The number of benzene rings is 1. The molecule has 0 bridgehead atoms. The molecule has 0 amide bonds. The molecule has 8 heteroatoms. The molecular weight excluding hydrogens is 348 g/mol. The normalized spacial score (nSPS) is 11.5. The number of hydrogen-bond donors (Lipinski definition) is 1. The van der Waals surface area contributed by atoms with Gasteiger partial charge in [-0.2, -0.15) is 9.40 Å². The van der Waals surface area contributed by atoms with Crippen molar-refractivity contribution in [3.05, 3.63) is 47.3 Å². The lowest BCUT2D eigenvalue weighted by Gasteiger charge is -2.22. The molecule has 0 radical (unpaired) electrons. The monoisotopic (exact) mass is 372 g/mol. The van der Waals surface area contributed by atoms with Crippen molar-refractivity contribution in [2.75, 3.05) is 13.1 Å². The molecule has 2 N–H and O–H groups in total. The third-order valence-electron chi connectivity index (χ3n) is 3.85. The number of nitrogens with two attached hydrogens (primary N) is 1. The van der Waals surface area contributed by atoms with E-state index in [4.69, 9.17) is 5.73 Å². The second-order valence-corrected chi connectivity index (χ2v) is 7.46. The molecule has 2 aromatic rings. The van der Waals surface area contributed by atoms with Crippen molar-refractivity contribution in [3.8, 4) is 0 Å². The lowest BCUT2D eigenvalue weighted by molar-refractivity contribution is 0.401. The average molecular weight is 373 g/mol. The molecule has 134 valence electrons. The van der Waals surface area contributed by atoms with Crippen LogP contribution in [0.3, 0.4) is 0 Å². The van der Waals surface area contributed by atoms with Gasteiger partial charge in [0.1, 0.15) is 4.90 Å². The van der Waals surface area contributed by atoms with Gasteiger partial charge < -0.3 is 5.73 Å². The standard InChI is InChI=1S/C16H24N4O2S.ClH/c1-13-16(14(2)19(3)18-13)23(21,22)20(11-7-10-17)12-15-8-5-4-6-9-15;/h4-6,8-9H,7,10-12,17H2,1-3H3;1H. The summed E-state index contributed by atoms with van der Waals surface area (Å²) in [4.78, 5) is 0.299. The largest absolute Gasteiger partial charge is 0.330 e. The lowest BCUT2D eigenvalue weighted by Crippen LogP contribution is -2.33. The van der Waals surface area contributed by atoms with E-state index in [0.29, 0.717) is 42.3 Å². The maximum Gasteiger partial charge on any atom is 0.247 e. The number of aromatic nitrogens is 2. The summed E-state index contributed by atoms with van der Waals surface area (Å²) >= 11 is 0. The van der Waals surface area contributed by atoms with Crippen molar-refractivity contribution in [1.82, 2.24) is 14.1 Å². The van der Waals surface area contributed by atoms with E-state index < -0.39 is 10.0 Å². The van der Waals surface area contributed by atoms with Crippen LogP contribution in [-0.2, 0) is 23.6 Å². The Kier molecular flexibility index (Phi) is 7.41. The number of rotatable bonds is 7. The van der Waals surface area contributed by atoms with Gasteiger partial charge in [0.15, 0.2) is 0 Å². The highest BCUT2D eigenvalue weighted by Gasteiger charge is 2.30. The Bertz CT molecular complexity index is 760. The van der Waals surface area contributed by atoms with Crippen LogP contribution in [-0.4, -0.2) is 35.6 Å².